The van der Waals surface area contributed by atoms with Crippen molar-refractivity contribution in [3.8, 4) is 0 Å². The molecule has 0 spiro atoms. The molecule has 0 aromatic heterocycles. The van der Waals surface area contributed by atoms with Crippen LogP contribution in [0.1, 0.15) is 36.5 Å². The van der Waals surface area contributed by atoms with Gasteiger partial charge in [-0.15, -0.1) is 0 Å². The Morgan fingerprint density at radius 2 is 1.84 bits per heavy atom. The van der Waals surface area contributed by atoms with Gasteiger partial charge in [-0.2, -0.15) is 0 Å². The van der Waals surface area contributed by atoms with E-state index in [0.717, 1.165) is 18.9 Å². The number of sulfone groups is 1. The van der Waals surface area contributed by atoms with E-state index in [1.807, 2.05) is 6.92 Å². The minimum absolute atomic E-state index is 0.0541. The van der Waals surface area contributed by atoms with Crippen molar-refractivity contribution >= 4 is 31.5 Å². The third kappa shape index (κ3) is 5.62. The van der Waals surface area contributed by atoms with Gasteiger partial charge < -0.3 is 4.90 Å². The summed E-state index contributed by atoms with van der Waals surface area (Å²) < 4.78 is 64.8. The van der Waals surface area contributed by atoms with Gasteiger partial charge in [0.25, 0.3) is 15.9 Å². The van der Waals surface area contributed by atoms with Crippen LogP contribution >= 0.6 is 0 Å². The van der Waals surface area contributed by atoms with Crippen molar-refractivity contribution in [3.63, 3.8) is 0 Å². The van der Waals surface area contributed by atoms with Crippen molar-refractivity contribution < 1.29 is 26.0 Å². The quantitative estimate of drug-likeness (QED) is 0.642. The molecule has 1 heterocycles. The highest BCUT2D eigenvalue weighted by molar-refractivity contribution is 7.92. The van der Waals surface area contributed by atoms with Gasteiger partial charge in [-0.05, 0) is 49.2 Å². The number of nitrogens with one attached hydrogen (secondary N) is 1. The minimum atomic E-state index is -4.04. The minimum Gasteiger partial charge on any atom is -0.335 e. The predicted molar refractivity (Wildman–Crippen MR) is 117 cm³/mol. The first-order chi connectivity index (χ1) is 14.6. The predicted octanol–water partition coefficient (Wildman–Crippen LogP) is 3.06. The number of benzene rings is 2. The molecule has 0 radical (unpaired) electrons. The lowest BCUT2D eigenvalue weighted by molar-refractivity contribution is 0.0694. The molecule has 10 heteroatoms. The van der Waals surface area contributed by atoms with E-state index in [0.29, 0.717) is 13.0 Å². The first kappa shape index (κ1) is 23.2. The van der Waals surface area contributed by atoms with Gasteiger partial charge in [0.15, 0.2) is 9.84 Å². The highest BCUT2D eigenvalue weighted by Gasteiger charge is 2.34. The zero-order valence-corrected chi connectivity index (χ0v) is 18.8. The maximum Gasteiger partial charge on any atom is 0.261 e. The summed E-state index contributed by atoms with van der Waals surface area (Å²) in [5.41, 5.74) is 0.0982. The third-order valence-electron chi connectivity index (χ3n) is 5.19. The summed E-state index contributed by atoms with van der Waals surface area (Å²) in [6.45, 7) is 2.42. The monoisotopic (exact) mass is 468 g/mol. The van der Waals surface area contributed by atoms with E-state index < -0.39 is 25.7 Å². The summed E-state index contributed by atoms with van der Waals surface area (Å²) in [7, 11) is -7.19. The fourth-order valence-electron chi connectivity index (χ4n) is 3.49. The van der Waals surface area contributed by atoms with Crippen LogP contribution in [-0.4, -0.2) is 51.7 Å². The van der Waals surface area contributed by atoms with E-state index in [1.54, 1.807) is 4.90 Å². The third-order valence-corrected chi connectivity index (χ3v) is 8.32. The van der Waals surface area contributed by atoms with E-state index in [4.69, 9.17) is 0 Å². The Kier molecular flexibility index (Phi) is 7.00. The SMILES string of the molecule is CCCCN(C(=O)c1ccc(S(=O)(=O)Nc2ccccc2F)cc1)C1CCS(=O)(=O)C1. The van der Waals surface area contributed by atoms with Crippen LogP contribution in [-0.2, 0) is 19.9 Å². The number of carbonyl (C=O) groups is 1. The summed E-state index contributed by atoms with van der Waals surface area (Å²) in [6, 6.07) is 10.4. The number of rotatable bonds is 8. The van der Waals surface area contributed by atoms with Crippen molar-refractivity contribution in [1.29, 1.82) is 0 Å². The molecule has 1 unspecified atom stereocenters. The first-order valence-corrected chi connectivity index (χ1v) is 13.3. The van der Waals surface area contributed by atoms with Gasteiger partial charge in [0.2, 0.25) is 0 Å². The molecule has 2 aromatic rings. The van der Waals surface area contributed by atoms with Gasteiger partial charge in [0.1, 0.15) is 5.82 Å². The molecule has 0 aliphatic carbocycles. The lowest BCUT2D eigenvalue weighted by Gasteiger charge is -2.28. The number of carbonyl (C=O) groups excluding carboxylic acids is 1. The number of sulfonamides is 1. The number of hydrogen-bond acceptors (Lipinski definition) is 5. The molecule has 1 aliphatic heterocycles. The summed E-state index contributed by atoms with van der Waals surface area (Å²) in [5, 5.41) is 0. The van der Waals surface area contributed by atoms with Crippen molar-refractivity contribution in [2.45, 2.75) is 37.1 Å². The fourth-order valence-corrected chi connectivity index (χ4v) is 6.29. The molecule has 1 N–H and O–H groups in total. The van der Waals surface area contributed by atoms with Crippen LogP contribution in [0.2, 0.25) is 0 Å². The van der Waals surface area contributed by atoms with Crippen LogP contribution in [0.4, 0.5) is 10.1 Å². The molecule has 2 aromatic carbocycles. The maximum atomic E-state index is 13.8. The second-order valence-electron chi connectivity index (χ2n) is 7.52. The van der Waals surface area contributed by atoms with Crippen LogP contribution < -0.4 is 4.72 Å². The number of anilines is 1. The Balaban J connectivity index is 1.80. The molecule has 31 heavy (non-hydrogen) atoms. The normalized spacial score (nSPS) is 17.9. The highest BCUT2D eigenvalue weighted by Crippen LogP contribution is 2.23. The van der Waals surface area contributed by atoms with Crippen molar-refractivity contribution in [2.75, 3.05) is 22.8 Å². The average molecular weight is 469 g/mol. The van der Waals surface area contributed by atoms with Gasteiger partial charge in [-0.1, -0.05) is 25.5 Å². The van der Waals surface area contributed by atoms with E-state index in [9.17, 15) is 26.0 Å². The molecule has 168 valence electrons. The Morgan fingerprint density at radius 1 is 1.16 bits per heavy atom. The Bertz CT molecular complexity index is 1150. The fraction of sp³-hybridized carbons (Fsp3) is 0.381. The molecule has 1 amide bonds. The van der Waals surface area contributed by atoms with Gasteiger partial charge >= 0.3 is 0 Å². The van der Waals surface area contributed by atoms with Crippen LogP contribution in [0.3, 0.4) is 0 Å². The summed E-state index contributed by atoms with van der Waals surface area (Å²) in [5.74, 6) is -1.02. The Hall–Kier alpha value is -2.46. The summed E-state index contributed by atoms with van der Waals surface area (Å²) in [4.78, 5) is 14.5. The van der Waals surface area contributed by atoms with Crippen LogP contribution in [0.25, 0.3) is 0 Å². The van der Waals surface area contributed by atoms with Crippen molar-refractivity contribution in [3.05, 3.63) is 59.9 Å². The zero-order valence-electron chi connectivity index (χ0n) is 17.1. The number of hydrogen-bond donors (Lipinski definition) is 1. The average Bonchev–Trinajstić information content (AvgIpc) is 3.09. The largest absolute Gasteiger partial charge is 0.335 e. The zero-order chi connectivity index (χ0) is 22.6. The van der Waals surface area contributed by atoms with E-state index in [2.05, 4.69) is 4.72 Å². The maximum absolute atomic E-state index is 13.8. The van der Waals surface area contributed by atoms with Crippen LogP contribution in [0, 0.1) is 5.82 Å². The standard InChI is InChI=1S/C21H25FN2O5S2/c1-2-3-13-24(17-12-14-30(26,27)15-17)21(25)16-8-10-18(11-9-16)31(28,29)23-20-7-5-4-6-19(20)22/h4-11,17,23H,2-3,12-15H2,1H3. The van der Waals surface area contributed by atoms with Crippen LogP contribution in [0.15, 0.2) is 53.4 Å². The first-order valence-electron chi connectivity index (χ1n) is 10.0. The molecule has 3 rings (SSSR count). The number of para-hydroxylation sites is 1. The number of nitrogens with zero attached hydrogens (tertiary/aromatic N) is 1. The highest BCUT2D eigenvalue weighted by atomic mass is 32.2. The molecule has 0 saturated carbocycles. The van der Waals surface area contributed by atoms with E-state index in [-0.39, 0.29) is 39.6 Å². The van der Waals surface area contributed by atoms with E-state index >= 15 is 0 Å². The molecular formula is C21H25FN2O5S2. The second kappa shape index (κ2) is 9.35. The van der Waals surface area contributed by atoms with Gasteiger partial charge in [-0.25, -0.2) is 21.2 Å². The number of halogens is 1. The topological polar surface area (TPSA) is 101 Å². The van der Waals surface area contributed by atoms with Gasteiger partial charge in [0.05, 0.1) is 22.1 Å². The lowest BCUT2D eigenvalue weighted by atomic mass is 10.1. The summed E-state index contributed by atoms with van der Waals surface area (Å²) >= 11 is 0. The second-order valence-corrected chi connectivity index (χ2v) is 11.4. The van der Waals surface area contributed by atoms with Crippen molar-refractivity contribution in [1.82, 2.24) is 4.90 Å². The molecule has 0 bridgehead atoms. The number of amides is 1. The molecular weight excluding hydrogens is 443 g/mol. The molecule has 7 nitrogen and oxygen atoms in total. The Morgan fingerprint density at radius 3 is 2.42 bits per heavy atom. The van der Waals surface area contributed by atoms with E-state index in [1.165, 1.54) is 42.5 Å². The molecule has 1 atom stereocenters. The molecule has 1 aliphatic rings. The van der Waals surface area contributed by atoms with Crippen molar-refractivity contribution in [2.24, 2.45) is 0 Å². The van der Waals surface area contributed by atoms with Crippen LogP contribution in [0.5, 0.6) is 0 Å². The molecule has 1 fully saturated rings. The Labute approximate surface area is 182 Å². The van der Waals surface area contributed by atoms with Gasteiger partial charge in [0, 0.05) is 18.2 Å². The lowest BCUT2D eigenvalue weighted by Crippen LogP contribution is -2.41. The number of unbranched alkanes of at least 4 members (excludes halogenated alkanes) is 1. The summed E-state index contributed by atoms with van der Waals surface area (Å²) in [6.07, 6.45) is 1.99. The van der Waals surface area contributed by atoms with Gasteiger partial charge in [-0.3, -0.25) is 9.52 Å². The molecule has 1 saturated heterocycles. The smallest absolute Gasteiger partial charge is 0.261 e.